The number of carbonyl (C=O) groups is 1. The maximum absolute atomic E-state index is 13.0. The minimum absolute atomic E-state index is 0.0802. The molecule has 0 spiro atoms. The van der Waals surface area contributed by atoms with Gasteiger partial charge in [0.15, 0.2) is 0 Å². The Morgan fingerprint density at radius 1 is 1.40 bits per heavy atom. The van der Waals surface area contributed by atoms with Crippen LogP contribution in [0, 0.1) is 5.82 Å². The molecular weight excluding hydrogens is 195 g/mol. The van der Waals surface area contributed by atoms with Gasteiger partial charge in [-0.15, -0.1) is 0 Å². The van der Waals surface area contributed by atoms with Gasteiger partial charge in [-0.2, -0.15) is 0 Å². The van der Waals surface area contributed by atoms with Gasteiger partial charge in [-0.05, 0) is 31.0 Å². The van der Waals surface area contributed by atoms with E-state index in [9.17, 15) is 9.18 Å². The van der Waals surface area contributed by atoms with Crippen molar-refractivity contribution in [2.24, 2.45) is 0 Å². The molecule has 1 fully saturated rings. The maximum Gasteiger partial charge on any atom is 0.246 e. The smallest absolute Gasteiger partial charge is 0.246 e. The number of rotatable bonds is 1. The summed E-state index contributed by atoms with van der Waals surface area (Å²) in [7, 11) is 0. The van der Waals surface area contributed by atoms with Crippen molar-refractivity contribution in [3.8, 4) is 0 Å². The molecule has 78 valence electrons. The van der Waals surface area contributed by atoms with Gasteiger partial charge < -0.3 is 10.2 Å². The summed E-state index contributed by atoms with van der Waals surface area (Å²) in [5.74, 6) is -0.192. The van der Waals surface area contributed by atoms with Gasteiger partial charge in [-0.25, -0.2) is 4.39 Å². The van der Waals surface area contributed by atoms with Crippen LogP contribution in [0.15, 0.2) is 18.2 Å². The van der Waals surface area contributed by atoms with Gasteiger partial charge in [-0.3, -0.25) is 4.79 Å². The maximum atomic E-state index is 13.0. The fraction of sp³-hybridized carbons (Fsp3) is 0.364. The highest BCUT2D eigenvalue weighted by Gasteiger charge is 2.36. The van der Waals surface area contributed by atoms with Crippen molar-refractivity contribution < 1.29 is 9.18 Å². The van der Waals surface area contributed by atoms with E-state index >= 15 is 0 Å². The second kappa shape index (κ2) is 2.95. The predicted molar refractivity (Wildman–Crippen MR) is 55.4 cm³/mol. The SMILES string of the molecule is O=C1CNc2cc(F)ccc2N1C1CC1. The lowest BCUT2D eigenvalue weighted by atomic mass is 10.2. The molecule has 1 aliphatic carbocycles. The Kier molecular flexibility index (Phi) is 1.71. The standard InChI is InChI=1S/C11H11FN2O/c12-7-1-4-10-9(5-7)13-6-11(15)14(10)8-2-3-8/h1,4-5,8,13H,2-3,6H2. The molecule has 0 unspecified atom stereocenters. The molecule has 3 nitrogen and oxygen atoms in total. The second-order valence-electron chi connectivity index (χ2n) is 4.01. The van der Waals surface area contributed by atoms with Gasteiger partial charge in [0.1, 0.15) is 5.82 Å². The quantitative estimate of drug-likeness (QED) is 0.759. The van der Waals surface area contributed by atoms with E-state index in [2.05, 4.69) is 5.32 Å². The van der Waals surface area contributed by atoms with Crippen LogP contribution in [0.1, 0.15) is 12.8 Å². The third-order valence-corrected chi connectivity index (χ3v) is 2.83. The molecule has 0 aromatic heterocycles. The normalized spacial score (nSPS) is 19.8. The van der Waals surface area contributed by atoms with Crippen LogP contribution in [0.5, 0.6) is 0 Å². The molecule has 4 heteroatoms. The minimum atomic E-state index is -0.272. The summed E-state index contributed by atoms with van der Waals surface area (Å²) in [5, 5.41) is 2.93. The van der Waals surface area contributed by atoms with Gasteiger partial charge in [0.2, 0.25) is 5.91 Å². The average Bonchev–Trinajstić information content (AvgIpc) is 3.02. The topological polar surface area (TPSA) is 32.3 Å². The van der Waals surface area contributed by atoms with Crippen LogP contribution in [0.25, 0.3) is 0 Å². The van der Waals surface area contributed by atoms with E-state index in [0.717, 1.165) is 24.2 Å². The van der Waals surface area contributed by atoms with Gasteiger partial charge in [0.05, 0.1) is 17.9 Å². The molecule has 0 radical (unpaired) electrons. The van der Waals surface area contributed by atoms with Crippen LogP contribution in [-0.2, 0) is 4.79 Å². The highest BCUT2D eigenvalue weighted by molar-refractivity contribution is 6.03. The Morgan fingerprint density at radius 2 is 2.20 bits per heavy atom. The molecule has 1 heterocycles. The minimum Gasteiger partial charge on any atom is -0.374 e. The summed E-state index contributed by atoms with van der Waals surface area (Å²) >= 11 is 0. The molecule has 0 bridgehead atoms. The molecule has 0 saturated heterocycles. The van der Waals surface area contributed by atoms with E-state index in [1.165, 1.54) is 12.1 Å². The fourth-order valence-corrected chi connectivity index (χ4v) is 1.98. The van der Waals surface area contributed by atoms with Crippen LogP contribution < -0.4 is 10.2 Å². The van der Waals surface area contributed by atoms with Crippen molar-refractivity contribution >= 4 is 17.3 Å². The highest BCUT2D eigenvalue weighted by Crippen LogP contribution is 2.38. The Bertz CT molecular complexity index is 429. The largest absolute Gasteiger partial charge is 0.374 e. The highest BCUT2D eigenvalue weighted by atomic mass is 19.1. The van der Waals surface area contributed by atoms with E-state index in [1.807, 2.05) is 0 Å². The number of amides is 1. The van der Waals surface area contributed by atoms with Gasteiger partial charge in [-0.1, -0.05) is 0 Å². The summed E-state index contributed by atoms with van der Waals surface area (Å²) in [5.41, 5.74) is 1.54. The zero-order valence-corrected chi connectivity index (χ0v) is 8.16. The molecule has 1 N–H and O–H groups in total. The van der Waals surface area contributed by atoms with Crippen molar-refractivity contribution in [3.63, 3.8) is 0 Å². The lowest BCUT2D eigenvalue weighted by Gasteiger charge is -2.30. The Morgan fingerprint density at radius 3 is 2.93 bits per heavy atom. The van der Waals surface area contributed by atoms with E-state index in [0.29, 0.717) is 6.04 Å². The molecule has 1 aromatic carbocycles. The molecule has 15 heavy (non-hydrogen) atoms. The Balaban J connectivity index is 2.07. The number of fused-ring (bicyclic) bond motifs is 1. The molecule has 1 amide bonds. The van der Waals surface area contributed by atoms with Crippen molar-refractivity contribution in [2.45, 2.75) is 18.9 Å². The first-order chi connectivity index (χ1) is 7.25. The lowest BCUT2D eigenvalue weighted by molar-refractivity contribution is -0.117. The van der Waals surface area contributed by atoms with Crippen molar-refractivity contribution in [2.75, 3.05) is 16.8 Å². The summed E-state index contributed by atoms with van der Waals surface area (Å²) in [6.45, 7) is 0.271. The number of nitrogens with zero attached hydrogens (tertiary/aromatic N) is 1. The lowest BCUT2D eigenvalue weighted by Crippen LogP contribution is -2.41. The number of hydrogen-bond donors (Lipinski definition) is 1. The van der Waals surface area contributed by atoms with Gasteiger partial charge >= 0.3 is 0 Å². The number of anilines is 2. The van der Waals surface area contributed by atoms with Gasteiger partial charge in [0.25, 0.3) is 0 Å². The monoisotopic (exact) mass is 206 g/mol. The first-order valence-electron chi connectivity index (χ1n) is 5.11. The molecule has 1 aliphatic heterocycles. The fourth-order valence-electron chi connectivity index (χ4n) is 1.98. The van der Waals surface area contributed by atoms with Crippen LogP contribution in [0.3, 0.4) is 0 Å². The third-order valence-electron chi connectivity index (χ3n) is 2.83. The van der Waals surface area contributed by atoms with Crippen molar-refractivity contribution in [1.82, 2.24) is 0 Å². The average molecular weight is 206 g/mol. The molecule has 2 aliphatic rings. The number of hydrogen-bond acceptors (Lipinski definition) is 2. The number of nitrogens with one attached hydrogen (secondary N) is 1. The number of halogens is 1. The second-order valence-corrected chi connectivity index (χ2v) is 4.01. The van der Waals surface area contributed by atoms with Crippen LogP contribution >= 0.6 is 0 Å². The van der Waals surface area contributed by atoms with E-state index < -0.39 is 0 Å². The molecule has 1 aromatic rings. The van der Waals surface area contributed by atoms with Crippen molar-refractivity contribution in [3.05, 3.63) is 24.0 Å². The summed E-state index contributed by atoms with van der Waals surface area (Å²) in [4.78, 5) is 13.5. The summed E-state index contributed by atoms with van der Waals surface area (Å²) in [6.07, 6.45) is 2.12. The first kappa shape index (κ1) is 8.71. The Hall–Kier alpha value is -1.58. The van der Waals surface area contributed by atoms with Gasteiger partial charge in [0, 0.05) is 6.04 Å². The third kappa shape index (κ3) is 1.37. The Labute approximate surface area is 86.9 Å². The molecular formula is C11H11FN2O. The molecule has 1 saturated carbocycles. The van der Waals surface area contributed by atoms with Crippen LogP contribution in [-0.4, -0.2) is 18.5 Å². The van der Waals surface area contributed by atoms with E-state index in [1.54, 1.807) is 11.0 Å². The number of benzene rings is 1. The van der Waals surface area contributed by atoms with Crippen LogP contribution in [0.2, 0.25) is 0 Å². The van der Waals surface area contributed by atoms with E-state index in [4.69, 9.17) is 0 Å². The van der Waals surface area contributed by atoms with Crippen LogP contribution in [0.4, 0.5) is 15.8 Å². The van der Waals surface area contributed by atoms with E-state index in [-0.39, 0.29) is 18.3 Å². The molecule has 0 atom stereocenters. The summed E-state index contributed by atoms with van der Waals surface area (Å²) < 4.78 is 13.0. The zero-order chi connectivity index (χ0) is 10.4. The zero-order valence-electron chi connectivity index (χ0n) is 8.16. The number of carbonyl (C=O) groups excluding carboxylic acids is 1. The molecule has 3 rings (SSSR count). The first-order valence-corrected chi connectivity index (χ1v) is 5.11. The van der Waals surface area contributed by atoms with Crippen molar-refractivity contribution in [1.29, 1.82) is 0 Å². The predicted octanol–water partition coefficient (Wildman–Crippen LogP) is 1.75. The summed E-state index contributed by atoms with van der Waals surface area (Å²) in [6, 6.07) is 4.85.